The fourth-order valence-corrected chi connectivity index (χ4v) is 3.07. The summed E-state index contributed by atoms with van der Waals surface area (Å²) in [6.45, 7) is 7.35. The number of carbonyl (C=O) groups is 1. The first-order valence-electron chi connectivity index (χ1n) is 8.48. The third-order valence-corrected chi connectivity index (χ3v) is 4.41. The van der Waals surface area contributed by atoms with E-state index in [-0.39, 0.29) is 5.56 Å². The Morgan fingerprint density at radius 2 is 1.74 bits per heavy atom. The average Bonchev–Trinajstić information content (AvgIpc) is 2.60. The smallest absolute Gasteiger partial charge is 0.338 e. The maximum absolute atomic E-state index is 12.6. The fourth-order valence-electron chi connectivity index (χ4n) is 2.66. The number of pyridine rings is 1. The average molecular weight is 383 g/mol. The molecule has 1 aromatic carbocycles. The third kappa shape index (κ3) is 4.03. The summed E-state index contributed by atoms with van der Waals surface area (Å²) in [5.41, 5.74) is 1.65. The molecule has 27 heavy (non-hydrogen) atoms. The lowest BCUT2D eigenvalue weighted by molar-refractivity contribution is 0.00695. The number of esters is 1. The van der Waals surface area contributed by atoms with Crippen molar-refractivity contribution in [2.24, 2.45) is 0 Å². The summed E-state index contributed by atoms with van der Waals surface area (Å²) >= 11 is 1.42. The second-order valence-electron chi connectivity index (χ2n) is 7.09. The maximum atomic E-state index is 12.6. The van der Waals surface area contributed by atoms with E-state index < -0.39 is 11.6 Å². The molecule has 0 aliphatic heterocycles. The van der Waals surface area contributed by atoms with Crippen LogP contribution in [0.5, 0.6) is 0 Å². The van der Waals surface area contributed by atoms with Gasteiger partial charge >= 0.3 is 5.97 Å². The van der Waals surface area contributed by atoms with Crippen LogP contribution < -0.4 is 5.56 Å². The van der Waals surface area contributed by atoms with Gasteiger partial charge in [-0.1, -0.05) is 11.8 Å². The van der Waals surface area contributed by atoms with Crippen molar-refractivity contribution in [3.05, 3.63) is 58.0 Å². The Morgan fingerprint density at radius 3 is 2.33 bits per heavy atom. The standard InChI is InChI=1S/C20H21N3O3S/c1-12-15-10-11-16(24)23(17(15)22-19(21-12)27-5)14-8-6-13(7-9-14)18(25)26-20(2,3)4/h6-11H,1-5H3. The minimum Gasteiger partial charge on any atom is -0.456 e. The molecule has 6 nitrogen and oxygen atoms in total. The first kappa shape index (κ1) is 19.1. The van der Waals surface area contributed by atoms with Gasteiger partial charge in [-0.25, -0.2) is 14.8 Å². The minimum absolute atomic E-state index is 0.197. The van der Waals surface area contributed by atoms with Crippen LogP contribution in [0.15, 0.2) is 46.3 Å². The Kier molecular flexibility index (Phi) is 5.06. The van der Waals surface area contributed by atoms with E-state index >= 15 is 0 Å². The van der Waals surface area contributed by atoms with Crippen molar-refractivity contribution < 1.29 is 9.53 Å². The number of aryl methyl sites for hydroxylation is 1. The third-order valence-electron chi connectivity index (χ3n) is 3.86. The summed E-state index contributed by atoms with van der Waals surface area (Å²) in [6.07, 6.45) is 1.89. The topological polar surface area (TPSA) is 74.1 Å². The molecular weight excluding hydrogens is 362 g/mol. The van der Waals surface area contributed by atoms with E-state index in [0.29, 0.717) is 22.1 Å². The van der Waals surface area contributed by atoms with Crippen LogP contribution in [0.4, 0.5) is 0 Å². The number of fused-ring (bicyclic) bond motifs is 1. The molecular formula is C20H21N3O3S. The molecule has 3 rings (SSSR count). The molecule has 0 radical (unpaired) electrons. The van der Waals surface area contributed by atoms with Crippen molar-refractivity contribution in [3.63, 3.8) is 0 Å². The molecule has 0 N–H and O–H groups in total. The van der Waals surface area contributed by atoms with Gasteiger partial charge < -0.3 is 4.74 Å². The van der Waals surface area contributed by atoms with Crippen LogP contribution in [0.2, 0.25) is 0 Å². The van der Waals surface area contributed by atoms with Gasteiger partial charge in [0.15, 0.2) is 10.8 Å². The quantitative estimate of drug-likeness (QED) is 0.389. The zero-order valence-corrected chi connectivity index (χ0v) is 16.8. The van der Waals surface area contributed by atoms with Crippen LogP contribution in [-0.2, 0) is 4.74 Å². The lowest BCUT2D eigenvalue weighted by Crippen LogP contribution is -2.24. The predicted octanol–water partition coefficient (Wildman–Crippen LogP) is 3.77. The van der Waals surface area contributed by atoms with Gasteiger partial charge in [-0.3, -0.25) is 9.36 Å². The zero-order valence-electron chi connectivity index (χ0n) is 15.9. The Balaban J connectivity index is 2.10. The van der Waals surface area contributed by atoms with Crippen molar-refractivity contribution in [1.82, 2.24) is 14.5 Å². The molecule has 0 spiro atoms. The molecule has 0 saturated heterocycles. The molecule has 0 atom stereocenters. The number of thioether (sulfide) groups is 1. The molecule has 3 aromatic rings. The number of carbonyl (C=O) groups excluding carboxylic acids is 1. The van der Waals surface area contributed by atoms with E-state index in [2.05, 4.69) is 9.97 Å². The molecule has 0 fully saturated rings. The highest BCUT2D eigenvalue weighted by Gasteiger charge is 2.18. The second-order valence-corrected chi connectivity index (χ2v) is 7.86. The molecule has 0 unspecified atom stereocenters. The van der Waals surface area contributed by atoms with Gasteiger partial charge in [0, 0.05) is 11.5 Å². The van der Waals surface area contributed by atoms with Crippen molar-refractivity contribution in [3.8, 4) is 5.69 Å². The van der Waals surface area contributed by atoms with Gasteiger partial charge in [-0.15, -0.1) is 0 Å². The van der Waals surface area contributed by atoms with Gasteiger partial charge in [-0.2, -0.15) is 0 Å². The molecule has 7 heteroatoms. The monoisotopic (exact) mass is 383 g/mol. The number of rotatable bonds is 3. The number of hydrogen-bond donors (Lipinski definition) is 0. The van der Waals surface area contributed by atoms with Crippen LogP contribution in [0.1, 0.15) is 36.8 Å². The number of benzene rings is 1. The van der Waals surface area contributed by atoms with E-state index in [0.717, 1.165) is 11.1 Å². The fraction of sp³-hybridized carbons (Fsp3) is 0.300. The van der Waals surface area contributed by atoms with Crippen LogP contribution in [0.3, 0.4) is 0 Å². The molecule has 0 amide bonds. The first-order valence-corrected chi connectivity index (χ1v) is 9.70. The summed E-state index contributed by atoms with van der Waals surface area (Å²) in [7, 11) is 0. The molecule has 0 aliphatic carbocycles. The minimum atomic E-state index is -0.564. The molecule has 0 bridgehead atoms. The number of aromatic nitrogens is 3. The van der Waals surface area contributed by atoms with Gasteiger partial charge in [0.25, 0.3) is 5.56 Å². The summed E-state index contributed by atoms with van der Waals surface area (Å²) in [5.74, 6) is -0.401. The van der Waals surface area contributed by atoms with Crippen LogP contribution >= 0.6 is 11.8 Å². The lowest BCUT2D eigenvalue weighted by Gasteiger charge is -2.19. The molecule has 2 heterocycles. The van der Waals surface area contributed by atoms with Gasteiger partial charge in [0.2, 0.25) is 0 Å². The van der Waals surface area contributed by atoms with Crippen molar-refractivity contribution in [1.29, 1.82) is 0 Å². The summed E-state index contributed by atoms with van der Waals surface area (Å²) < 4.78 is 6.91. The number of hydrogen-bond acceptors (Lipinski definition) is 6. The van der Waals surface area contributed by atoms with E-state index in [1.165, 1.54) is 22.4 Å². The van der Waals surface area contributed by atoms with Crippen LogP contribution in [0, 0.1) is 6.92 Å². The summed E-state index contributed by atoms with van der Waals surface area (Å²) in [4.78, 5) is 33.7. The predicted molar refractivity (Wildman–Crippen MR) is 107 cm³/mol. The summed E-state index contributed by atoms with van der Waals surface area (Å²) in [6, 6.07) is 9.98. The Hall–Kier alpha value is -2.67. The van der Waals surface area contributed by atoms with E-state index in [1.54, 1.807) is 30.3 Å². The lowest BCUT2D eigenvalue weighted by atomic mass is 10.1. The number of ether oxygens (including phenoxy) is 1. The highest BCUT2D eigenvalue weighted by Crippen LogP contribution is 2.21. The van der Waals surface area contributed by atoms with Gasteiger partial charge in [-0.05, 0) is 64.3 Å². The van der Waals surface area contributed by atoms with Crippen LogP contribution in [0.25, 0.3) is 16.7 Å². The normalized spacial score (nSPS) is 11.6. The Bertz CT molecular complexity index is 1070. The van der Waals surface area contributed by atoms with Gasteiger partial charge in [0.1, 0.15) is 5.60 Å². The van der Waals surface area contributed by atoms with Crippen LogP contribution in [-0.4, -0.2) is 32.4 Å². The molecule has 0 aliphatic rings. The highest BCUT2D eigenvalue weighted by molar-refractivity contribution is 7.98. The van der Waals surface area contributed by atoms with E-state index in [9.17, 15) is 9.59 Å². The first-order chi connectivity index (χ1) is 12.7. The maximum Gasteiger partial charge on any atom is 0.338 e. The van der Waals surface area contributed by atoms with Crippen molar-refractivity contribution in [2.45, 2.75) is 38.5 Å². The molecule has 2 aromatic heterocycles. The van der Waals surface area contributed by atoms with Crippen molar-refractivity contribution >= 4 is 28.8 Å². The second kappa shape index (κ2) is 7.15. The van der Waals surface area contributed by atoms with Crippen molar-refractivity contribution in [2.75, 3.05) is 6.26 Å². The molecule has 140 valence electrons. The summed E-state index contributed by atoms with van der Waals surface area (Å²) in [5, 5.41) is 1.41. The van der Waals surface area contributed by atoms with E-state index in [4.69, 9.17) is 4.74 Å². The largest absolute Gasteiger partial charge is 0.456 e. The SMILES string of the molecule is CSc1nc(C)c2ccc(=O)n(-c3ccc(C(=O)OC(C)(C)C)cc3)c2n1. The van der Waals surface area contributed by atoms with E-state index in [1.807, 2.05) is 34.0 Å². The Labute approximate surface area is 161 Å². The Morgan fingerprint density at radius 1 is 1.07 bits per heavy atom. The number of nitrogens with zero attached hydrogens (tertiary/aromatic N) is 3. The van der Waals surface area contributed by atoms with Gasteiger partial charge in [0.05, 0.1) is 16.9 Å². The molecule has 0 saturated carbocycles. The zero-order chi connectivity index (χ0) is 19.8. The highest BCUT2D eigenvalue weighted by atomic mass is 32.2.